The van der Waals surface area contributed by atoms with Crippen LogP contribution in [0.15, 0.2) is 0 Å². The van der Waals surface area contributed by atoms with Gasteiger partial charge in [-0.15, -0.1) is 0 Å². The first-order chi connectivity index (χ1) is 3.30. The van der Waals surface area contributed by atoms with Crippen molar-refractivity contribution >= 4 is 11.7 Å². The predicted molar refractivity (Wildman–Crippen MR) is 29.4 cm³/mol. The van der Waals surface area contributed by atoms with E-state index in [2.05, 4.69) is 8.75 Å². The molecule has 0 radical (unpaired) electrons. The van der Waals surface area contributed by atoms with Gasteiger partial charge in [-0.3, -0.25) is 0 Å². The smallest absolute Gasteiger partial charge is 0.0741 e. The number of rotatable bonds is 0. The molecule has 0 aromatic carbocycles. The van der Waals surface area contributed by atoms with Crippen molar-refractivity contribution in [3.63, 3.8) is 0 Å². The molecule has 1 heterocycles. The van der Waals surface area contributed by atoms with Crippen molar-refractivity contribution in [2.24, 2.45) is 0 Å². The van der Waals surface area contributed by atoms with Gasteiger partial charge in [0.25, 0.3) is 0 Å². The van der Waals surface area contributed by atoms with Crippen LogP contribution in [0.4, 0.5) is 0 Å². The first kappa shape index (κ1) is 4.71. The molecule has 3 heteroatoms. The summed E-state index contributed by atoms with van der Waals surface area (Å²) in [5, 5.41) is 0. The lowest BCUT2D eigenvalue weighted by atomic mass is 10.4. The molecule has 0 N–H and O–H groups in total. The summed E-state index contributed by atoms with van der Waals surface area (Å²) in [6.07, 6.45) is 0. The number of nitrogens with zero attached hydrogens (tertiary/aromatic N) is 2. The molecular formula is C4H6N2S. The molecule has 0 atom stereocenters. The molecule has 7 heavy (non-hydrogen) atoms. The Morgan fingerprint density at radius 2 is 1.57 bits per heavy atom. The Labute approximate surface area is 46.5 Å². The van der Waals surface area contributed by atoms with Crippen LogP contribution in [0, 0.1) is 13.8 Å². The van der Waals surface area contributed by atoms with E-state index in [1.54, 1.807) is 0 Å². The van der Waals surface area contributed by atoms with Crippen LogP contribution in [0.1, 0.15) is 11.4 Å². The molecule has 2 nitrogen and oxygen atoms in total. The molecule has 0 fully saturated rings. The van der Waals surface area contributed by atoms with Crippen LogP contribution in [0.2, 0.25) is 0 Å². The van der Waals surface area contributed by atoms with Crippen LogP contribution in [-0.2, 0) is 0 Å². The van der Waals surface area contributed by atoms with E-state index in [0.717, 1.165) is 11.4 Å². The van der Waals surface area contributed by atoms with E-state index in [-0.39, 0.29) is 0 Å². The van der Waals surface area contributed by atoms with Gasteiger partial charge in [0.05, 0.1) is 23.1 Å². The maximum atomic E-state index is 3.95. The molecule has 0 spiro atoms. The highest BCUT2D eigenvalue weighted by atomic mass is 32.1. The first-order valence-electron chi connectivity index (χ1n) is 2.06. The number of hydrogen-bond acceptors (Lipinski definition) is 3. The maximum absolute atomic E-state index is 3.95. The molecule has 38 valence electrons. The largest absolute Gasteiger partial charge is 0.178 e. The Kier molecular flexibility index (Phi) is 1.06. The van der Waals surface area contributed by atoms with Gasteiger partial charge in [-0.1, -0.05) is 0 Å². The lowest BCUT2D eigenvalue weighted by molar-refractivity contribution is 1.22. The molecule has 1 aromatic rings. The summed E-state index contributed by atoms with van der Waals surface area (Å²) >= 11 is 1.27. The second-order valence-electron chi connectivity index (χ2n) is 1.44. The van der Waals surface area contributed by atoms with Crippen molar-refractivity contribution in [2.45, 2.75) is 13.8 Å². The highest BCUT2D eigenvalue weighted by molar-refractivity contribution is 6.99. The topological polar surface area (TPSA) is 25.8 Å². The fourth-order valence-electron chi connectivity index (χ4n) is 0.275. The maximum Gasteiger partial charge on any atom is 0.0741 e. The van der Waals surface area contributed by atoms with E-state index in [4.69, 9.17) is 0 Å². The standard InChI is InChI=1S/C4H6N2S/c1-3-4(2)6-7-5-3/h1-2H3. The lowest BCUT2D eigenvalue weighted by Gasteiger charge is -1.75. The van der Waals surface area contributed by atoms with Gasteiger partial charge in [0.2, 0.25) is 0 Å². The van der Waals surface area contributed by atoms with E-state index < -0.39 is 0 Å². The van der Waals surface area contributed by atoms with Gasteiger partial charge in [-0.05, 0) is 13.8 Å². The predicted octanol–water partition coefficient (Wildman–Crippen LogP) is 1.15. The minimum atomic E-state index is 1.05. The molecule has 0 saturated heterocycles. The third-order valence-electron chi connectivity index (χ3n) is 0.879. The zero-order valence-corrected chi connectivity index (χ0v) is 5.12. The van der Waals surface area contributed by atoms with Crippen LogP contribution in [0.5, 0.6) is 0 Å². The normalized spacial score (nSPS) is 9.43. The molecule has 0 unspecified atom stereocenters. The van der Waals surface area contributed by atoms with Gasteiger partial charge < -0.3 is 0 Å². The quantitative estimate of drug-likeness (QED) is 0.505. The second kappa shape index (κ2) is 1.58. The summed E-state index contributed by atoms with van der Waals surface area (Å²) in [6, 6.07) is 0. The van der Waals surface area contributed by atoms with Crippen LogP contribution in [-0.4, -0.2) is 8.75 Å². The third kappa shape index (κ3) is 0.771. The fourth-order valence-corrected chi connectivity index (χ4v) is 0.825. The van der Waals surface area contributed by atoms with Gasteiger partial charge in [0.15, 0.2) is 0 Å². The van der Waals surface area contributed by atoms with Gasteiger partial charge in [0.1, 0.15) is 0 Å². The summed E-state index contributed by atoms with van der Waals surface area (Å²) in [5.41, 5.74) is 2.09. The molecule has 0 amide bonds. The monoisotopic (exact) mass is 114 g/mol. The zero-order chi connectivity index (χ0) is 5.28. The first-order valence-corrected chi connectivity index (χ1v) is 2.79. The Balaban J connectivity index is 3.12. The number of hydrogen-bond donors (Lipinski definition) is 0. The minimum absolute atomic E-state index is 1.05. The summed E-state index contributed by atoms with van der Waals surface area (Å²) < 4.78 is 7.89. The van der Waals surface area contributed by atoms with Crippen LogP contribution in [0.3, 0.4) is 0 Å². The van der Waals surface area contributed by atoms with Crippen molar-refractivity contribution in [2.75, 3.05) is 0 Å². The van der Waals surface area contributed by atoms with Gasteiger partial charge in [-0.2, -0.15) is 8.75 Å². The van der Waals surface area contributed by atoms with E-state index in [0.29, 0.717) is 0 Å². The highest BCUT2D eigenvalue weighted by Gasteiger charge is 1.91. The number of aromatic nitrogens is 2. The van der Waals surface area contributed by atoms with Crippen molar-refractivity contribution < 1.29 is 0 Å². The summed E-state index contributed by atoms with van der Waals surface area (Å²) in [5.74, 6) is 0. The highest BCUT2D eigenvalue weighted by Crippen LogP contribution is 1.99. The van der Waals surface area contributed by atoms with Crippen LogP contribution in [0.25, 0.3) is 0 Å². The molecule has 0 aliphatic rings. The van der Waals surface area contributed by atoms with Crippen molar-refractivity contribution in [3.05, 3.63) is 11.4 Å². The van der Waals surface area contributed by atoms with Gasteiger partial charge >= 0.3 is 0 Å². The summed E-state index contributed by atoms with van der Waals surface area (Å²) in [6.45, 7) is 3.91. The molecular weight excluding hydrogens is 108 g/mol. The Hall–Kier alpha value is -0.440. The fraction of sp³-hybridized carbons (Fsp3) is 0.500. The molecule has 0 bridgehead atoms. The second-order valence-corrected chi connectivity index (χ2v) is 1.96. The average molecular weight is 114 g/mol. The van der Waals surface area contributed by atoms with Gasteiger partial charge in [-0.25, -0.2) is 0 Å². The third-order valence-corrected chi connectivity index (χ3v) is 1.59. The molecule has 1 rings (SSSR count). The number of aryl methyl sites for hydroxylation is 2. The van der Waals surface area contributed by atoms with Gasteiger partial charge in [0, 0.05) is 0 Å². The lowest BCUT2D eigenvalue weighted by Crippen LogP contribution is -1.71. The van der Waals surface area contributed by atoms with Crippen LogP contribution >= 0.6 is 11.7 Å². The Bertz CT molecular complexity index is 142. The SMILES string of the molecule is Cc1nsnc1C. The van der Waals surface area contributed by atoms with E-state index in [9.17, 15) is 0 Å². The van der Waals surface area contributed by atoms with E-state index in [1.807, 2.05) is 13.8 Å². The summed E-state index contributed by atoms with van der Waals surface area (Å²) in [7, 11) is 0. The Morgan fingerprint density at radius 1 is 1.14 bits per heavy atom. The molecule has 0 saturated carbocycles. The van der Waals surface area contributed by atoms with Crippen LogP contribution < -0.4 is 0 Å². The average Bonchev–Trinajstić information content (AvgIpc) is 1.91. The van der Waals surface area contributed by atoms with Crippen molar-refractivity contribution in [3.8, 4) is 0 Å². The van der Waals surface area contributed by atoms with Crippen molar-refractivity contribution in [1.82, 2.24) is 8.75 Å². The Morgan fingerprint density at radius 3 is 1.71 bits per heavy atom. The molecule has 0 aliphatic heterocycles. The van der Waals surface area contributed by atoms with Crippen molar-refractivity contribution in [1.29, 1.82) is 0 Å². The van der Waals surface area contributed by atoms with E-state index >= 15 is 0 Å². The molecule has 0 aliphatic carbocycles. The minimum Gasteiger partial charge on any atom is -0.178 e. The zero-order valence-electron chi connectivity index (χ0n) is 4.30. The van der Waals surface area contributed by atoms with E-state index in [1.165, 1.54) is 11.7 Å². The molecule has 1 aromatic heterocycles. The summed E-state index contributed by atoms with van der Waals surface area (Å²) in [4.78, 5) is 0.